The lowest BCUT2D eigenvalue weighted by molar-refractivity contribution is 0.451. The Balaban J connectivity index is 2.42. The monoisotopic (exact) mass is 279 g/mol. The Hall–Kier alpha value is -0.830. The van der Waals surface area contributed by atoms with Gasteiger partial charge in [-0.1, -0.05) is 52.9 Å². The van der Waals surface area contributed by atoms with E-state index in [9.17, 15) is 0 Å². The van der Waals surface area contributed by atoms with Crippen molar-refractivity contribution >= 4 is 0 Å². The zero-order valence-electron chi connectivity index (χ0n) is 13.9. The van der Waals surface area contributed by atoms with Gasteiger partial charge in [-0.15, -0.1) is 0 Å². The Morgan fingerprint density at radius 1 is 1.15 bits per heavy atom. The average molecular weight is 279 g/mol. The number of likely N-dealkylation sites (N-methyl/N-ethyl adjacent to an activating group) is 1. The molecular weight excluding hydrogens is 246 g/mol. The number of aromatic nitrogens is 2. The molecule has 1 unspecified atom stereocenters. The topological polar surface area (TPSA) is 29.9 Å². The molecule has 0 aliphatic heterocycles. The summed E-state index contributed by atoms with van der Waals surface area (Å²) in [7, 11) is 2.07. The van der Waals surface area contributed by atoms with Crippen molar-refractivity contribution in [2.45, 2.75) is 78.2 Å². The first-order valence-corrected chi connectivity index (χ1v) is 8.46. The van der Waals surface area contributed by atoms with Gasteiger partial charge >= 0.3 is 0 Å². The van der Waals surface area contributed by atoms with Gasteiger partial charge in [-0.2, -0.15) is 5.10 Å². The summed E-state index contributed by atoms with van der Waals surface area (Å²) in [6.07, 6.45) is 10.2. The van der Waals surface area contributed by atoms with Crippen molar-refractivity contribution in [3.8, 4) is 0 Å². The molecule has 3 heteroatoms. The van der Waals surface area contributed by atoms with E-state index >= 15 is 0 Å². The summed E-state index contributed by atoms with van der Waals surface area (Å²) in [5.74, 6) is 0. The van der Waals surface area contributed by atoms with Crippen LogP contribution in [0.5, 0.6) is 0 Å². The van der Waals surface area contributed by atoms with Crippen molar-refractivity contribution in [3.05, 3.63) is 17.5 Å². The van der Waals surface area contributed by atoms with Gasteiger partial charge in [0, 0.05) is 25.2 Å². The zero-order chi connectivity index (χ0) is 14.8. The minimum absolute atomic E-state index is 0.599. The second-order valence-electron chi connectivity index (χ2n) is 5.77. The van der Waals surface area contributed by atoms with Gasteiger partial charge in [0.2, 0.25) is 0 Å². The molecule has 0 bridgehead atoms. The molecule has 1 rings (SSSR count). The molecule has 1 N–H and O–H groups in total. The summed E-state index contributed by atoms with van der Waals surface area (Å²) < 4.78 is 2.06. The van der Waals surface area contributed by atoms with Crippen LogP contribution in [-0.4, -0.2) is 22.4 Å². The van der Waals surface area contributed by atoms with Gasteiger partial charge < -0.3 is 5.32 Å². The highest BCUT2D eigenvalue weighted by molar-refractivity contribution is 5.11. The number of rotatable bonds is 11. The van der Waals surface area contributed by atoms with E-state index in [0.717, 1.165) is 19.4 Å². The van der Waals surface area contributed by atoms with Gasteiger partial charge in [-0.25, -0.2) is 0 Å². The van der Waals surface area contributed by atoms with Crippen LogP contribution in [0.2, 0.25) is 0 Å². The van der Waals surface area contributed by atoms with Gasteiger partial charge in [0.1, 0.15) is 0 Å². The van der Waals surface area contributed by atoms with Crippen LogP contribution in [-0.2, 0) is 19.9 Å². The predicted octanol–water partition coefficient (Wildman–Crippen LogP) is 3.86. The molecule has 0 fully saturated rings. The number of nitrogens with zero attached hydrogens (tertiary/aromatic N) is 2. The first-order valence-electron chi connectivity index (χ1n) is 8.46. The van der Waals surface area contributed by atoms with E-state index in [1.165, 1.54) is 49.9 Å². The van der Waals surface area contributed by atoms with E-state index in [2.05, 4.69) is 49.0 Å². The van der Waals surface area contributed by atoms with E-state index in [4.69, 9.17) is 0 Å². The Morgan fingerprint density at radius 2 is 1.90 bits per heavy atom. The number of aryl methyl sites for hydroxylation is 2. The summed E-state index contributed by atoms with van der Waals surface area (Å²) in [5, 5.41) is 8.19. The molecule has 0 aromatic carbocycles. The molecule has 3 nitrogen and oxygen atoms in total. The minimum Gasteiger partial charge on any atom is -0.314 e. The van der Waals surface area contributed by atoms with Gasteiger partial charge in [-0.05, 0) is 25.5 Å². The standard InChI is InChI=1S/C17H33N3/c1-5-8-9-10-11-12-16(18-7-3)14-17-13-15(6-2)19-20(17)4/h13,16,18H,5-12,14H2,1-4H3. The fourth-order valence-electron chi connectivity index (χ4n) is 2.75. The Morgan fingerprint density at radius 3 is 2.50 bits per heavy atom. The molecule has 0 spiro atoms. The zero-order valence-corrected chi connectivity index (χ0v) is 13.9. The first kappa shape index (κ1) is 17.2. The molecule has 116 valence electrons. The molecule has 1 heterocycles. The highest BCUT2D eigenvalue weighted by Gasteiger charge is 2.12. The third-order valence-electron chi connectivity index (χ3n) is 3.99. The van der Waals surface area contributed by atoms with Crippen molar-refractivity contribution in [1.82, 2.24) is 15.1 Å². The van der Waals surface area contributed by atoms with Gasteiger partial charge in [0.25, 0.3) is 0 Å². The summed E-state index contributed by atoms with van der Waals surface area (Å²) in [5.41, 5.74) is 2.57. The largest absolute Gasteiger partial charge is 0.314 e. The maximum Gasteiger partial charge on any atom is 0.0624 e. The summed E-state index contributed by atoms with van der Waals surface area (Å²) >= 11 is 0. The van der Waals surface area contributed by atoms with Crippen LogP contribution in [0.15, 0.2) is 6.07 Å². The van der Waals surface area contributed by atoms with Crippen molar-refractivity contribution in [2.75, 3.05) is 6.54 Å². The maximum absolute atomic E-state index is 4.55. The van der Waals surface area contributed by atoms with Crippen LogP contribution in [0.1, 0.15) is 70.7 Å². The van der Waals surface area contributed by atoms with E-state index < -0.39 is 0 Å². The second kappa shape index (κ2) is 9.98. The lowest BCUT2D eigenvalue weighted by atomic mass is 10.0. The van der Waals surface area contributed by atoms with E-state index in [-0.39, 0.29) is 0 Å². The minimum atomic E-state index is 0.599. The van der Waals surface area contributed by atoms with Gasteiger partial charge in [0.15, 0.2) is 0 Å². The van der Waals surface area contributed by atoms with Gasteiger partial charge in [-0.3, -0.25) is 4.68 Å². The molecule has 1 aromatic rings. The Bertz CT molecular complexity index is 357. The summed E-state index contributed by atoms with van der Waals surface area (Å²) in [6, 6.07) is 2.86. The molecule has 0 saturated heterocycles. The fourth-order valence-corrected chi connectivity index (χ4v) is 2.75. The van der Waals surface area contributed by atoms with Gasteiger partial charge in [0.05, 0.1) is 5.69 Å². The highest BCUT2D eigenvalue weighted by atomic mass is 15.3. The molecule has 20 heavy (non-hydrogen) atoms. The van der Waals surface area contributed by atoms with Crippen LogP contribution in [0.25, 0.3) is 0 Å². The molecule has 0 amide bonds. The van der Waals surface area contributed by atoms with Crippen molar-refractivity contribution in [1.29, 1.82) is 0 Å². The number of nitrogens with one attached hydrogen (secondary N) is 1. The summed E-state index contributed by atoms with van der Waals surface area (Å²) in [4.78, 5) is 0. The molecule has 0 radical (unpaired) electrons. The molecule has 0 aliphatic rings. The van der Waals surface area contributed by atoms with Crippen molar-refractivity contribution in [2.24, 2.45) is 7.05 Å². The summed E-state index contributed by atoms with van der Waals surface area (Å²) in [6.45, 7) is 7.69. The lowest BCUT2D eigenvalue weighted by Gasteiger charge is -2.17. The smallest absolute Gasteiger partial charge is 0.0624 e. The molecule has 0 aliphatic carbocycles. The SMILES string of the molecule is CCCCCCCC(Cc1cc(CC)nn1C)NCC. The van der Waals surface area contributed by atoms with Crippen LogP contribution in [0.4, 0.5) is 0 Å². The maximum atomic E-state index is 4.55. The molecule has 1 aromatic heterocycles. The lowest BCUT2D eigenvalue weighted by Crippen LogP contribution is -2.31. The Kier molecular flexibility index (Phi) is 8.59. The van der Waals surface area contributed by atoms with Crippen molar-refractivity contribution in [3.63, 3.8) is 0 Å². The van der Waals surface area contributed by atoms with E-state index in [1.807, 2.05) is 0 Å². The molecule has 0 saturated carbocycles. The van der Waals surface area contributed by atoms with Crippen LogP contribution in [0, 0.1) is 0 Å². The molecular formula is C17H33N3. The quantitative estimate of drug-likeness (QED) is 0.623. The number of hydrogen-bond donors (Lipinski definition) is 1. The van der Waals surface area contributed by atoms with Crippen molar-refractivity contribution < 1.29 is 0 Å². The number of hydrogen-bond acceptors (Lipinski definition) is 2. The molecule has 1 atom stereocenters. The Labute approximate surface area is 125 Å². The van der Waals surface area contributed by atoms with Crippen LogP contribution in [0.3, 0.4) is 0 Å². The van der Waals surface area contributed by atoms with E-state index in [1.54, 1.807) is 0 Å². The van der Waals surface area contributed by atoms with Crippen LogP contribution >= 0.6 is 0 Å². The van der Waals surface area contributed by atoms with E-state index in [0.29, 0.717) is 6.04 Å². The number of unbranched alkanes of at least 4 members (excludes halogenated alkanes) is 4. The normalized spacial score (nSPS) is 12.8. The average Bonchev–Trinajstić information content (AvgIpc) is 2.79. The second-order valence-corrected chi connectivity index (χ2v) is 5.77. The third kappa shape index (κ3) is 6.08. The highest BCUT2D eigenvalue weighted by Crippen LogP contribution is 2.12. The predicted molar refractivity (Wildman–Crippen MR) is 87.1 cm³/mol. The third-order valence-corrected chi connectivity index (χ3v) is 3.99. The first-order chi connectivity index (χ1) is 9.71. The van der Waals surface area contributed by atoms with Crippen LogP contribution < -0.4 is 5.32 Å². The fraction of sp³-hybridized carbons (Fsp3) is 0.824.